The second kappa shape index (κ2) is 8.01. The second-order valence-corrected chi connectivity index (χ2v) is 5.68. The van der Waals surface area contributed by atoms with Crippen molar-refractivity contribution in [3.05, 3.63) is 83.6 Å². The maximum Gasteiger partial charge on any atom is 0.270 e. The van der Waals surface area contributed by atoms with Crippen LogP contribution in [-0.2, 0) is 13.1 Å². The highest BCUT2D eigenvalue weighted by Crippen LogP contribution is 2.09. The van der Waals surface area contributed by atoms with Gasteiger partial charge in [0.15, 0.2) is 0 Å². The highest BCUT2D eigenvalue weighted by molar-refractivity contribution is 5.92. The first-order valence-electron chi connectivity index (χ1n) is 7.99. The molecular weight excluding hydrogens is 314 g/mol. The van der Waals surface area contributed by atoms with Crippen LogP contribution in [0.5, 0.6) is 0 Å². The molecule has 2 N–H and O–H groups in total. The summed E-state index contributed by atoms with van der Waals surface area (Å²) in [7, 11) is 0. The van der Waals surface area contributed by atoms with E-state index in [0.29, 0.717) is 24.6 Å². The molecule has 0 saturated heterocycles. The van der Waals surface area contributed by atoms with E-state index in [9.17, 15) is 4.79 Å². The average Bonchev–Trinajstić information content (AvgIpc) is 2.65. The molecule has 0 aliphatic heterocycles. The van der Waals surface area contributed by atoms with Crippen LogP contribution in [0.1, 0.15) is 27.2 Å². The molecule has 3 aromatic rings. The maximum atomic E-state index is 12.2. The summed E-state index contributed by atoms with van der Waals surface area (Å²) < 4.78 is 0. The molecule has 0 atom stereocenters. The van der Waals surface area contributed by atoms with Crippen molar-refractivity contribution in [3.8, 4) is 0 Å². The number of hydrogen-bond acceptors (Lipinski definition) is 5. The van der Waals surface area contributed by atoms with Gasteiger partial charge < -0.3 is 10.6 Å². The van der Waals surface area contributed by atoms with Crippen LogP contribution in [0.25, 0.3) is 0 Å². The molecule has 2 aromatic heterocycles. The average molecular weight is 333 g/mol. The quantitative estimate of drug-likeness (QED) is 0.725. The number of nitrogens with zero attached hydrogens (tertiary/aromatic N) is 3. The molecule has 2 heterocycles. The number of pyridine rings is 1. The van der Waals surface area contributed by atoms with Gasteiger partial charge in [0.2, 0.25) is 0 Å². The van der Waals surface area contributed by atoms with E-state index in [1.165, 1.54) is 11.9 Å². The minimum absolute atomic E-state index is 0.246. The Kier molecular flexibility index (Phi) is 5.31. The van der Waals surface area contributed by atoms with E-state index in [0.717, 1.165) is 11.1 Å². The monoisotopic (exact) mass is 333 g/mol. The molecule has 0 bridgehead atoms. The van der Waals surface area contributed by atoms with Gasteiger partial charge in [0.1, 0.15) is 17.8 Å². The van der Waals surface area contributed by atoms with E-state index in [1.807, 2.05) is 24.3 Å². The second-order valence-electron chi connectivity index (χ2n) is 5.68. The Bertz CT molecular complexity index is 851. The lowest BCUT2D eigenvalue weighted by Crippen LogP contribution is -2.24. The largest absolute Gasteiger partial charge is 0.366 e. The lowest BCUT2D eigenvalue weighted by molar-refractivity contribution is 0.0945. The minimum Gasteiger partial charge on any atom is -0.366 e. The summed E-state index contributed by atoms with van der Waals surface area (Å²) in [5.74, 6) is 0.368. The summed E-state index contributed by atoms with van der Waals surface area (Å²) in [5, 5.41) is 6.04. The number of carbonyl (C=O) groups excluding carboxylic acids is 1. The smallest absolute Gasteiger partial charge is 0.270 e. The SMILES string of the molecule is Cc1cccc(CNc2cc(C(=O)NCc3cccnc3)ncn2)c1. The summed E-state index contributed by atoms with van der Waals surface area (Å²) in [6, 6.07) is 13.6. The molecule has 0 aliphatic rings. The van der Waals surface area contributed by atoms with Crippen molar-refractivity contribution in [1.82, 2.24) is 20.3 Å². The Balaban J connectivity index is 1.59. The summed E-state index contributed by atoms with van der Waals surface area (Å²) in [5.41, 5.74) is 3.62. The van der Waals surface area contributed by atoms with Crippen LogP contribution >= 0.6 is 0 Å². The third kappa shape index (κ3) is 4.84. The van der Waals surface area contributed by atoms with Crippen molar-refractivity contribution >= 4 is 11.7 Å². The van der Waals surface area contributed by atoms with Gasteiger partial charge in [0.05, 0.1) is 0 Å². The van der Waals surface area contributed by atoms with Gasteiger partial charge in [-0.2, -0.15) is 0 Å². The van der Waals surface area contributed by atoms with E-state index in [1.54, 1.807) is 18.5 Å². The third-order valence-electron chi connectivity index (χ3n) is 3.63. The van der Waals surface area contributed by atoms with Crippen LogP contribution in [0, 0.1) is 6.92 Å². The Hall–Kier alpha value is -3.28. The van der Waals surface area contributed by atoms with Gasteiger partial charge in [-0.3, -0.25) is 9.78 Å². The molecule has 25 heavy (non-hydrogen) atoms. The van der Waals surface area contributed by atoms with Gasteiger partial charge in [-0.25, -0.2) is 9.97 Å². The zero-order valence-corrected chi connectivity index (χ0v) is 13.9. The minimum atomic E-state index is -0.246. The number of carbonyl (C=O) groups is 1. The molecular formula is C19H19N5O. The number of hydrogen-bond donors (Lipinski definition) is 2. The number of anilines is 1. The third-order valence-corrected chi connectivity index (χ3v) is 3.63. The van der Waals surface area contributed by atoms with Gasteiger partial charge in [-0.15, -0.1) is 0 Å². The highest BCUT2D eigenvalue weighted by atomic mass is 16.1. The Labute approximate surface area is 146 Å². The van der Waals surface area contributed by atoms with Crippen LogP contribution in [0.3, 0.4) is 0 Å². The van der Waals surface area contributed by atoms with Crippen molar-refractivity contribution in [2.45, 2.75) is 20.0 Å². The molecule has 0 spiro atoms. The van der Waals surface area contributed by atoms with E-state index < -0.39 is 0 Å². The van der Waals surface area contributed by atoms with Gasteiger partial charge in [0.25, 0.3) is 5.91 Å². The topological polar surface area (TPSA) is 79.8 Å². The van der Waals surface area contributed by atoms with E-state index in [4.69, 9.17) is 0 Å². The van der Waals surface area contributed by atoms with Crippen molar-refractivity contribution < 1.29 is 4.79 Å². The summed E-state index contributed by atoms with van der Waals surface area (Å²) in [4.78, 5) is 24.5. The fourth-order valence-electron chi connectivity index (χ4n) is 2.37. The summed E-state index contributed by atoms with van der Waals surface area (Å²) in [6.07, 6.45) is 4.80. The standard InChI is InChI=1S/C19H19N5O/c1-14-4-2-5-15(8-14)11-21-18-9-17(23-13-24-18)19(25)22-12-16-6-3-7-20-10-16/h2-10,13H,11-12H2,1H3,(H,22,25)(H,21,23,24). The lowest BCUT2D eigenvalue weighted by Gasteiger charge is -2.08. The summed E-state index contributed by atoms with van der Waals surface area (Å²) >= 11 is 0. The first-order valence-corrected chi connectivity index (χ1v) is 7.99. The van der Waals surface area contributed by atoms with Gasteiger partial charge in [-0.1, -0.05) is 35.9 Å². The Morgan fingerprint density at radius 1 is 1.04 bits per heavy atom. The van der Waals surface area contributed by atoms with E-state index in [2.05, 4.69) is 44.6 Å². The van der Waals surface area contributed by atoms with E-state index >= 15 is 0 Å². The van der Waals surface area contributed by atoms with Crippen LogP contribution in [-0.4, -0.2) is 20.9 Å². The highest BCUT2D eigenvalue weighted by Gasteiger charge is 2.08. The zero-order chi connectivity index (χ0) is 17.5. The zero-order valence-electron chi connectivity index (χ0n) is 13.9. The van der Waals surface area contributed by atoms with E-state index in [-0.39, 0.29) is 5.91 Å². The molecule has 0 aliphatic carbocycles. The fraction of sp³-hybridized carbons (Fsp3) is 0.158. The van der Waals surface area contributed by atoms with Gasteiger partial charge >= 0.3 is 0 Å². The molecule has 1 aromatic carbocycles. The van der Waals surface area contributed by atoms with Crippen LogP contribution in [0.15, 0.2) is 61.2 Å². The first kappa shape index (κ1) is 16.6. The Morgan fingerprint density at radius 2 is 1.92 bits per heavy atom. The maximum absolute atomic E-state index is 12.2. The number of amides is 1. The number of rotatable bonds is 6. The van der Waals surface area contributed by atoms with Crippen molar-refractivity contribution in [2.75, 3.05) is 5.32 Å². The van der Waals surface area contributed by atoms with Crippen molar-refractivity contribution in [3.63, 3.8) is 0 Å². The number of benzene rings is 1. The molecule has 3 rings (SSSR count). The number of nitrogens with one attached hydrogen (secondary N) is 2. The molecule has 6 nitrogen and oxygen atoms in total. The molecule has 0 unspecified atom stereocenters. The normalized spacial score (nSPS) is 10.3. The van der Waals surface area contributed by atoms with Crippen LogP contribution in [0.2, 0.25) is 0 Å². The van der Waals surface area contributed by atoms with Crippen molar-refractivity contribution in [2.24, 2.45) is 0 Å². The predicted octanol–water partition coefficient (Wildman–Crippen LogP) is 2.72. The van der Waals surface area contributed by atoms with Gasteiger partial charge in [-0.05, 0) is 24.1 Å². The number of aryl methyl sites for hydroxylation is 1. The van der Waals surface area contributed by atoms with Gasteiger partial charge in [0, 0.05) is 31.5 Å². The first-order chi connectivity index (χ1) is 12.2. The Morgan fingerprint density at radius 3 is 2.72 bits per heavy atom. The van der Waals surface area contributed by atoms with Crippen LogP contribution < -0.4 is 10.6 Å². The lowest BCUT2D eigenvalue weighted by atomic mass is 10.1. The molecule has 0 radical (unpaired) electrons. The van der Waals surface area contributed by atoms with Crippen LogP contribution in [0.4, 0.5) is 5.82 Å². The number of aromatic nitrogens is 3. The molecule has 0 fully saturated rings. The molecule has 126 valence electrons. The summed E-state index contributed by atoms with van der Waals surface area (Å²) in [6.45, 7) is 3.09. The van der Waals surface area contributed by atoms with Crippen molar-refractivity contribution in [1.29, 1.82) is 0 Å². The fourth-order valence-corrected chi connectivity index (χ4v) is 2.37. The molecule has 1 amide bonds. The molecule has 0 saturated carbocycles. The predicted molar refractivity (Wildman–Crippen MR) is 95.9 cm³/mol. The molecule has 6 heteroatoms.